The van der Waals surface area contributed by atoms with Crippen molar-refractivity contribution in [2.45, 2.75) is 11.3 Å². The maximum atomic E-state index is 13.0. The summed E-state index contributed by atoms with van der Waals surface area (Å²) < 4.78 is 27.3. The molecule has 9 heteroatoms. The van der Waals surface area contributed by atoms with E-state index in [9.17, 15) is 8.42 Å². The fourth-order valence-electron chi connectivity index (χ4n) is 2.94. The highest BCUT2D eigenvalue weighted by Crippen LogP contribution is 2.30. The minimum absolute atomic E-state index is 0.164. The lowest BCUT2D eigenvalue weighted by molar-refractivity contribution is -0.122. The van der Waals surface area contributed by atoms with E-state index in [1.165, 1.54) is 10.2 Å². The summed E-state index contributed by atoms with van der Waals surface area (Å²) in [4.78, 5) is 16.9. The summed E-state index contributed by atoms with van der Waals surface area (Å²) in [7, 11) is -3.71. The highest BCUT2D eigenvalue weighted by atomic mass is 32.2. The van der Waals surface area contributed by atoms with Gasteiger partial charge in [-0.15, -0.1) is 0 Å². The zero-order chi connectivity index (χ0) is 19.3. The maximum absolute atomic E-state index is 13.0. The molecule has 8 nitrogen and oxygen atoms in total. The van der Waals surface area contributed by atoms with Crippen LogP contribution in [0, 0.1) is 0 Å². The molecule has 27 heavy (non-hydrogen) atoms. The number of hydrogen-bond acceptors (Lipinski definition) is 6. The molecule has 0 bridgehead atoms. The van der Waals surface area contributed by atoms with Crippen LogP contribution in [0.1, 0.15) is 12.0 Å². The van der Waals surface area contributed by atoms with Crippen LogP contribution >= 0.6 is 0 Å². The number of nitrogens with zero attached hydrogens (tertiary/aromatic N) is 3. The third-order valence-electron chi connectivity index (χ3n) is 4.13. The van der Waals surface area contributed by atoms with Gasteiger partial charge < -0.3 is 10.4 Å². The number of nitrogens with one attached hydrogen (secondary N) is 1. The predicted octanol–water partition coefficient (Wildman–Crippen LogP) is 1.75. The highest BCUT2D eigenvalue weighted by Gasteiger charge is 2.23. The molecule has 0 fully saturated rings. The van der Waals surface area contributed by atoms with Gasteiger partial charge in [0.05, 0.1) is 11.0 Å². The number of carbonyl (C=O) groups is 1. The molecule has 3 aromatic rings. The van der Waals surface area contributed by atoms with E-state index >= 15 is 0 Å². The van der Waals surface area contributed by atoms with E-state index in [1.807, 2.05) is 0 Å². The van der Waals surface area contributed by atoms with Crippen LogP contribution in [0.2, 0.25) is 0 Å². The highest BCUT2D eigenvalue weighted by molar-refractivity contribution is 7.90. The Labute approximate surface area is 156 Å². The van der Waals surface area contributed by atoms with Crippen LogP contribution in [0.15, 0.2) is 60.0 Å². The first-order valence-electron chi connectivity index (χ1n) is 8.19. The zero-order valence-corrected chi connectivity index (χ0v) is 15.1. The predicted molar refractivity (Wildman–Crippen MR) is 101 cm³/mol. The summed E-state index contributed by atoms with van der Waals surface area (Å²) in [5.41, 5.74) is 3.28. The first kappa shape index (κ1) is 18.7. The molecule has 0 saturated carbocycles. The van der Waals surface area contributed by atoms with E-state index < -0.39 is 10.0 Å². The van der Waals surface area contributed by atoms with Gasteiger partial charge in [-0.1, -0.05) is 6.08 Å². The van der Waals surface area contributed by atoms with E-state index in [2.05, 4.69) is 21.4 Å². The molecule has 0 aliphatic carbocycles. The Kier molecular flexibility index (Phi) is 5.63. The summed E-state index contributed by atoms with van der Waals surface area (Å²) in [5, 5.41) is 10.2. The summed E-state index contributed by atoms with van der Waals surface area (Å²) in [6, 6.07) is 6.70. The molecule has 3 aromatic heterocycles. The smallest absolute Gasteiger partial charge is 0.290 e. The van der Waals surface area contributed by atoms with Gasteiger partial charge in [0.2, 0.25) is 0 Å². The zero-order valence-electron chi connectivity index (χ0n) is 14.3. The van der Waals surface area contributed by atoms with Gasteiger partial charge >= 0.3 is 0 Å². The maximum Gasteiger partial charge on any atom is 0.290 e. The largest absolute Gasteiger partial charge is 0.483 e. The lowest BCUT2D eigenvalue weighted by Gasteiger charge is -2.12. The first-order chi connectivity index (χ1) is 13.1. The topological polar surface area (TPSA) is 114 Å². The fraction of sp³-hybridized carbons (Fsp3) is 0.167. The van der Waals surface area contributed by atoms with Crippen molar-refractivity contribution < 1.29 is 18.3 Å². The van der Waals surface area contributed by atoms with Gasteiger partial charge in [0.1, 0.15) is 4.90 Å². The van der Waals surface area contributed by atoms with Crippen LogP contribution in [0.4, 0.5) is 0 Å². The lowest BCUT2D eigenvalue weighted by atomic mass is 10.0. The Morgan fingerprint density at radius 2 is 2.00 bits per heavy atom. The van der Waals surface area contributed by atoms with Gasteiger partial charge in [0.15, 0.2) is 0 Å². The Morgan fingerprint density at radius 1 is 1.22 bits per heavy atom. The molecule has 0 spiro atoms. The van der Waals surface area contributed by atoms with Gasteiger partial charge in [-0.2, -0.15) is 0 Å². The monoisotopic (exact) mass is 386 g/mol. The number of pyridine rings is 2. The number of fused-ring (bicyclic) bond motifs is 1. The molecule has 2 N–H and O–H groups in total. The molecule has 0 atom stereocenters. The summed E-state index contributed by atoms with van der Waals surface area (Å²) >= 11 is 0. The van der Waals surface area contributed by atoms with Gasteiger partial charge in [-0.25, -0.2) is 12.4 Å². The molecule has 1 aliphatic rings. The second-order valence-electron chi connectivity index (χ2n) is 5.69. The molecule has 0 saturated heterocycles. The summed E-state index contributed by atoms with van der Waals surface area (Å²) in [5.74, 6) is 0. The van der Waals surface area contributed by atoms with E-state index in [1.54, 1.807) is 42.9 Å². The Balaban J connectivity index is 0.000000659. The van der Waals surface area contributed by atoms with E-state index in [0.717, 1.165) is 30.6 Å². The number of rotatable bonds is 3. The molecule has 1 aliphatic heterocycles. The van der Waals surface area contributed by atoms with Crippen LogP contribution in [-0.4, -0.2) is 47.0 Å². The molecule has 0 radical (unpaired) electrons. The van der Waals surface area contributed by atoms with Crippen molar-refractivity contribution in [2.24, 2.45) is 0 Å². The minimum atomic E-state index is -3.71. The van der Waals surface area contributed by atoms with Crippen molar-refractivity contribution in [3.05, 3.63) is 60.7 Å². The third kappa shape index (κ3) is 3.74. The van der Waals surface area contributed by atoms with Gasteiger partial charge in [-0.3, -0.25) is 14.8 Å². The van der Waals surface area contributed by atoms with Crippen molar-refractivity contribution in [1.29, 1.82) is 0 Å². The van der Waals surface area contributed by atoms with Gasteiger partial charge in [-0.05, 0) is 42.8 Å². The lowest BCUT2D eigenvalue weighted by Crippen LogP contribution is -2.20. The molecule has 0 aromatic carbocycles. The standard InChI is InChI=1S/C17H16N4O2S.CH2O2/c22-24(23,14-3-1-7-19-11-14)21-12-15(13-5-9-18-10-6-13)17-16(21)4-2-8-20-17;2-1-3/h1-5,7-8,11-12,18H,6,9-10H2;1H,(H,2,3). The minimum Gasteiger partial charge on any atom is -0.483 e. The number of hydrogen-bond donors (Lipinski definition) is 2. The van der Waals surface area contributed by atoms with Crippen LogP contribution in [-0.2, 0) is 14.8 Å². The molecule has 0 unspecified atom stereocenters. The summed E-state index contributed by atoms with van der Waals surface area (Å²) in [6.07, 6.45) is 9.23. The first-order valence-corrected chi connectivity index (χ1v) is 9.63. The second-order valence-corrected chi connectivity index (χ2v) is 7.51. The van der Waals surface area contributed by atoms with Crippen molar-refractivity contribution in [3.63, 3.8) is 0 Å². The quantitative estimate of drug-likeness (QED) is 0.659. The fourth-order valence-corrected chi connectivity index (χ4v) is 4.27. The van der Waals surface area contributed by atoms with Gasteiger partial charge in [0.25, 0.3) is 16.5 Å². The molecular formula is C18H18N4O4S. The summed E-state index contributed by atoms with van der Waals surface area (Å²) in [6.45, 7) is 1.41. The average Bonchev–Trinajstić information content (AvgIpc) is 3.10. The Morgan fingerprint density at radius 3 is 2.67 bits per heavy atom. The van der Waals surface area contributed by atoms with Gasteiger partial charge in [0, 0.05) is 36.9 Å². The SMILES string of the molecule is O=CO.O=S(=O)(c1cccnc1)n1cc(C2=CCNCC2)c2ncccc21. The number of carboxylic acid groups (broad SMARTS) is 1. The molecule has 0 amide bonds. The van der Waals surface area contributed by atoms with Crippen LogP contribution < -0.4 is 5.32 Å². The van der Waals surface area contributed by atoms with E-state index in [4.69, 9.17) is 9.90 Å². The number of aromatic nitrogens is 3. The van der Waals surface area contributed by atoms with Crippen molar-refractivity contribution in [2.75, 3.05) is 13.1 Å². The molecule has 4 heterocycles. The van der Waals surface area contributed by atoms with Crippen LogP contribution in [0.5, 0.6) is 0 Å². The van der Waals surface area contributed by atoms with Crippen LogP contribution in [0.25, 0.3) is 16.6 Å². The Bertz CT molecular complexity index is 1080. The molecular weight excluding hydrogens is 368 g/mol. The molecule has 4 rings (SSSR count). The van der Waals surface area contributed by atoms with Crippen molar-refractivity contribution in [3.8, 4) is 0 Å². The van der Waals surface area contributed by atoms with Crippen LogP contribution in [0.3, 0.4) is 0 Å². The Hall–Kier alpha value is -3.04. The second kappa shape index (κ2) is 8.11. The average molecular weight is 386 g/mol. The van der Waals surface area contributed by atoms with Crippen molar-refractivity contribution in [1.82, 2.24) is 19.3 Å². The normalized spacial score (nSPS) is 14.1. The van der Waals surface area contributed by atoms with E-state index in [-0.39, 0.29) is 11.4 Å². The third-order valence-corrected chi connectivity index (χ3v) is 5.78. The molecule has 140 valence electrons. The van der Waals surface area contributed by atoms with Crippen molar-refractivity contribution >= 4 is 33.1 Å². The van der Waals surface area contributed by atoms with E-state index in [0.29, 0.717) is 11.0 Å².